The van der Waals surface area contributed by atoms with E-state index in [-0.39, 0.29) is 23.8 Å². The third-order valence-electron chi connectivity index (χ3n) is 4.80. The van der Waals surface area contributed by atoms with Gasteiger partial charge >= 0.3 is 11.9 Å². The largest absolute Gasteiger partial charge is 0.469 e. The summed E-state index contributed by atoms with van der Waals surface area (Å²) in [5.41, 5.74) is 0. The lowest BCUT2D eigenvalue weighted by atomic mass is 9.89. The topological polar surface area (TPSA) is 72.8 Å². The van der Waals surface area contributed by atoms with Gasteiger partial charge in [0.15, 0.2) is 0 Å². The van der Waals surface area contributed by atoms with Crippen LogP contribution >= 0.6 is 0 Å². The number of aliphatic hydroxyl groups excluding tert-OH is 1. The summed E-state index contributed by atoms with van der Waals surface area (Å²) in [6.07, 6.45) is 12.4. The smallest absolute Gasteiger partial charge is 0.309 e. The third-order valence-corrected chi connectivity index (χ3v) is 4.80. The second-order valence-electron chi connectivity index (χ2n) is 6.88. The van der Waals surface area contributed by atoms with E-state index in [9.17, 15) is 14.7 Å². The van der Waals surface area contributed by atoms with Crippen molar-refractivity contribution < 1.29 is 24.2 Å². The van der Waals surface area contributed by atoms with E-state index in [0.717, 1.165) is 57.8 Å². The van der Waals surface area contributed by atoms with Crippen LogP contribution in [-0.4, -0.2) is 36.9 Å². The van der Waals surface area contributed by atoms with Gasteiger partial charge in [0.05, 0.1) is 25.7 Å². The van der Waals surface area contributed by atoms with Gasteiger partial charge in [-0.1, -0.05) is 57.6 Å². The third kappa shape index (κ3) is 9.05. The summed E-state index contributed by atoms with van der Waals surface area (Å²) >= 11 is 0. The summed E-state index contributed by atoms with van der Waals surface area (Å²) in [5, 5.41) is 9.98. The first-order valence-electron chi connectivity index (χ1n) is 9.68. The summed E-state index contributed by atoms with van der Waals surface area (Å²) in [6.45, 7) is 2.56. The van der Waals surface area contributed by atoms with Gasteiger partial charge in [-0.2, -0.15) is 0 Å². The Labute approximate surface area is 151 Å². The predicted molar refractivity (Wildman–Crippen MR) is 96.9 cm³/mol. The van der Waals surface area contributed by atoms with Gasteiger partial charge in [0, 0.05) is 12.3 Å². The number of carbonyl (C=O) groups is 2. The van der Waals surface area contributed by atoms with E-state index < -0.39 is 6.10 Å². The Balaban J connectivity index is 2.26. The number of rotatable bonds is 13. The zero-order valence-electron chi connectivity index (χ0n) is 15.7. The first-order chi connectivity index (χ1) is 12.1. The molecule has 0 aromatic heterocycles. The maximum atomic E-state index is 11.9. The SMILES string of the molecule is CCCCC[C@H](O)C=C[C@H]1COC(=O)[C@@H]1CCCCCCC(=O)OC. The van der Waals surface area contributed by atoms with Crippen molar-refractivity contribution in [2.45, 2.75) is 77.2 Å². The van der Waals surface area contributed by atoms with Gasteiger partial charge in [0.2, 0.25) is 0 Å². The molecule has 1 rings (SSSR count). The molecular weight excluding hydrogens is 320 g/mol. The van der Waals surface area contributed by atoms with Crippen molar-refractivity contribution in [1.82, 2.24) is 0 Å². The summed E-state index contributed by atoms with van der Waals surface area (Å²) < 4.78 is 9.82. The molecule has 0 aromatic carbocycles. The fraction of sp³-hybridized carbons (Fsp3) is 0.800. The number of cyclic esters (lactones) is 1. The number of ether oxygens (including phenoxy) is 2. The van der Waals surface area contributed by atoms with Crippen LogP contribution in [0.2, 0.25) is 0 Å². The number of aliphatic hydroxyl groups is 1. The van der Waals surface area contributed by atoms with Crippen LogP contribution < -0.4 is 0 Å². The monoisotopic (exact) mass is 354 g/mol. The van der Waals surface area contributed by atoms with Crippen LogP contribution in [-0.2, 0) is 19.1 Å². The van der Waals surface area contributed by atoms with Crippen LogP contribution in [0.4, 0.5) is 0 Å². The van der Waals surface area contributed by atoms with Crippen LogP contribution in [0.15, 0.2) is 12.2 Å². The maximum Gasteiger partial charge on any atom is 0.309 e. The molecule has 0 saturated carbocycles. The molecule has 1 aliphatic heterocycles. The van der Waals surface area contributed by atoms with Crippen molar-refractivity contribution in [1.29, 1.82) is 0 Å². The van der Waals surface area contributed by atoms with Crippen LogP contribution in [0.25, 0.3) is 0 Å². The zero-order valence-corrected chi connectivity index (χ0v) is 15.7. The van der Waals surface area contributed by atoms with Crippen LogP contribution in [0, 0.1) is 11.8 Å². The van der Waals surface area contributed by atoms with Gasteiger partial charge in [0.1, 0.15) is 0 Å². The van der Waals surface area contributed by atoms with E-state index in [2.05, 4.69) is 11.7 Å². The molecule has 1 N–H and O–H groups in total. The highest BCUT2D eigenvalue weighted by molar-refractivity contribution is 5.75. The molecule has 144 valence electrons. The van der Waals surface area contributed by atoms with Crippen molar-refractivity contribution in [2.75, 3.05) is 13.7 Å². The predicted octanol–water partition coefficient (Wildman–Crippen LogP) is 3.79. The molecule has 0 unspecified atom stereocenters. The van der Waals surface area contributed by atoms with Crippen LogP contribution in [0.5, 0.6) is 0 Å². The zero-order chi connectivity index (χ0) is 18.5. The Bertz CT molecular complexity index is 418. The average molecular weight is 354 g/mol. The number of methoxy groups -OCH3 is 1. The Kier molecular flexibility index (Phi) is 11.2. The van der Waals surface area contributed by atoms with Gasteiger partial charge < -0.3 is 14.6 Å². The summed E-state index contributed by atoms with van der Waals surface area (Å²) in [6, 6.07) is 0. The van der Waals surface area contributed by atoms with Gasteiger partial charge in [-0.3, -0.25) is 9.59 Å². The van der Waals surface area contributed by atoms with Crippen molar-refractivity contribution in [3.8, 4) is 0 Å². The van der Waals surface area contributed by atoms with E-state index in [1.54, 1.807) is 0 Å². The minimum absolute atomic E-state index is 0.0726. The van der Waals surface area contributed by atoms with E-state index in [1.165, 1.54) is 7.11 Å². The fourth-order valence-corrected chi connectivity index (χ4v) is 3.16. The first-order valence-corrected chi connectivity index (χ1v) is 9.68. The van der Waals surface area contributed by atoms with E-state index in [1.807, 2.05) is 12.2 Å². The fourth-order valence-electron chi connectivity index (χ4n) is 3.16. The number of hydrogen-bond donors (Lipinski definition) is 1. The van der Waals surface area contributed by atoms with Gasteiger partial charge in [-0.05, 0) is 19.3 Å². The van der Waals surface area contributed by atoms with Gasteiger partial charge in [0.25, 0.3) is 0 Å². The average Bonchev–Trinajstić information content (AvgIpc) is 2.96. The van der Waals surface area contributed by atoms with E-state index in [4.69, 9.17) is 4.74 Å². The van der Waals surface area contributed by atoms with Crippen molar-refractivity contribution in [3.63, 3.8) is 0 Å². The summed E-state index contributed by atoms with van der Waals surface area (Å²) in [7, 11) is 1.41. The molecule has 0 bridgehead atoms. The molecule has 0 radical (unpaired) electrons. The number of carbonyl (C=O) groups excluding carboxylic acids is 2. The molecule has 0 aliphatic carbocycles. The molecule has 1 saturated heterocycles. The minimum Gasteiger partial charge on any atom is -0.469 e. The Hall–Kier alpha value is -1.36. The Morgan fingerprint density at radius 2 is 2.04 bits per heavy atom. The molecule has 3 atom stereocenters. The molecule has 1 fully saturated rings. The highest BCUT2D eigenvalue weighted by Gasteiger charge is 2.34. The lowest BCUT2D eigenvalue weighted by Gasteiger charge is -2.12. The van der Waals surface area contributed by atoms with Crippen LogP contribution in [0.1, 0.15) is 71.1 Å². The highest BCUT2D eigenvalue weighted by Crippen LogP contribution is 2.29. The van der Waals surface area contributed by atoms with Crippen LogP contribution in [0.3, 0.4) is 0 Å². The van der Waals surface area contributed by atoms with E-state index in [0.29, 0.717) is 13.0 Å². The lowest BCUT2D eigenvalue weighted by molar-refractivity contribution is -0.141. The second kappa shape index (κ2) is 12.9. The Morgan fingerprint density at radius 3 is 2.76 bits per heavy atom. The summed E-state index contributed by atoms with van der Waals surface area (Å²) in [5.74, 6) is -0.310. The molecule has 0 aromatic rings. The second-order valence-corrected chi connectivity index (χ2v) is 6.88. The molecular formula is C20H34O5. The number of hydrogen-bond acceptors (Lipinski definition) is 5. The normalized spacial score (nSPS) is 21.5. The van der Waals surface area contributed by atoms with Crippen molar-refractivity contribution in [2.24, 2.45) is 11.8 Å². The standard InChI is InChI=1S/C20H34O5/c1-3-4-7-10-17(21)14-13-16-15-25-20(23)18(16)11-8-5-6-9-12-19(22)24-2/h13-14,16-18,21H,3-12,15H2,1-2H3/t16-,17-,18+/m0/s1. The number of unbranched alkanes of at least 4 members (excludes halogenated alkanes) is 5. The molecule has 25 heavy (non-hydrogen) atoms. The molecule has 0 amide bonds. The van der Waals surface area contributed by atoms with Crippen molar-refractivity contribution in [3.05, 3.63) is 12.2 Å². The van der Waals surface area contributed by atoms with Crippen molar-refractivity contribution >= 4 is 11.9 Å². The highest BCUT2D eigenvalue weighted by atomic mass is 16.5. The molecule has 1 heterocycles. The Morgan fingerprint density at radius 1 is 1.28 bits per heavy atom. The lowest BCUT2D eigenvalue weighted by Crippen LogP contribution is -2.15. The summed E-state index contributed by atoms with van der Waals surface area (Å²) in [4.78, 5) is 22.9. The molecule has 0 spiro atoms. The van der Waals surface area contributed by atoms with E-state index >= 15 is 0 Å². The minimum atomic E-state index is -0.429. The molecule has 5 heteroatoms. The quantitative estimate of drug-likeness (QED) is 0.309. The maximum absolute atomic E-state index is 11.9. The molecule has 1 aliphatic rings. The first kappa shape index (κ1) is 21.7. The van der Waals surface area contributed by atoms with Gasteiger partial charge in [-0.25, -0.2) is 0 Å². The molecule has 5 nitrogen and oxygen atoms in total. The van der Waals surface area contributed by atoms with Gasteiger partial charge in [-0.15, -0.1) is 0 Å². The number of esters is 2.